The zero-order chi connectivity index (χ0) is 14.5. The van der Waals surface area contributed by atoms with Crippen LogP contribution in [0.15, 0.2) is 42.5 Å². The third-order valence-corrected chi connectivity index (χ3v) is 3.36. The van der Waals surface area contributed by atoms with Crippen molar-refractivity contribution in [3.8, 4) is 0 Å². The number of aromatic nitrogens is 1. The predicted octanol–water partition coefficient (Wildman–Crippen LogP) is 3.40. The molecule has 2 aromatic rings. The van der Waals surface area contributed by atoms with E-state index in [-0.39, 0.29) is 5.91 Å². The van der Waals surface area contributed by atoms with Gasteiger partial charge in [-0.05, 0) is 36.8 Å². The first-order valence-corrected chi connectivity index (χ1v) is 6.96. The second-order valence-corrected chi connectivity index (χ2v) is 5.03. The topological polar surface area (TPSA) is 33.2 Å². The minimum Gasteiger partial charge on any atom is -0.336 e. The van der Waals surface area contributed by atoms with Gasteiger partial charge in [0.2, 0.25) is 0 Å². The van der Waals surface area contributed by atoms with E-state index in [0.717, 1.165) is 17.0 Å². The standard InChI is InChI=1S/C16H17ClN2O/c1-12-4-3-5-15(18-12)11-19(2)16(20)14-8-6-13(10-17)7-9-14/h3-9H,10-11H2,1-2H3. The number of carbonyl (C=O) groups is 1. The Balaban J connectivity index is 2.07. The molecular formula is C16H17ClN2O. The SMILES string of the molecule is Cc1cccc(CN(C)C(=O)c2ccc(CCl)cc2)n1. The highest BCUT2D eigenvalue weighted by Crippen LogP contribution is 2.10. The Labute approximate surface area is 124 Å². The van der Waals surface area contributed by atoms with Crippen LogP contribution in [-0.4, -0.2) is 22.8 Å². The molecule has 0 saturated heterocycles. The van der Waals surface area contributed by atoms with E-state index < -0.39 is 0 Å². The minimum atomic E-state index is -0.0190. The first-order valence-electron chi connectivity index (χ1n) is 6.43. The van der Waals surface area contributed by atoms with E-state index >= 15 is 0 Å². The maximum absolute atomic E-state index is 12.3. The molecule has 0 spiro atoms. The summed E-state index contributed by atoms with van der Waals surface area (Å²) in [6.45, 7) is 2.44. The van der Waals surface area contributed by atoms with Crippen molar-refractivity contribution >= 4 is 17.5 Å². The highest BCUT2D eigenvalue weighted by molar-refractivity contribution is 6.17. The van der Waals surface area contributed by atoms with Crippen molar-refractivity contribution in [3.63, 3.8) is 0 Å². The quantitative estimate of drug-likeness (QED) is 0.808. The molecule has 0 aliphatic carbocycles. The molecule has 2 rings (SSSR count). The summed E-state index contributed by atoms with van der Waals surface area (Å²) in [6, 6.07) is 13.2. The molecule has 0 bridgehead atoms. The van der Waals surface area contributed by atoms with Crippen molar-refractivity contribution < 1.29 is 4.79 Å². The minimum absolute atomic E-state index is 0.0190. The van der Waals surface area contributed by atoms with Crippen LogP contribution in [0.5, 0.6) is 0 Å². The van der Waals surface area contributed by atoms with Gasteiger partial charge in [-0.1, -0.05) is 18.2 Å². The van der Waals surface area contributed by atoms with Gasteiger partial charge in [-0.3, -0.25) is 9.78 Å². The van der Waals surface area contributed by atoms with Gasteiger partial charge in [0, 0.05) is 24.2 Å². The molecule has 20 heavy (non-hydrogen) atoms. The van der Waals surface area contributed by atoms with E-state index in [1.165, 1.54) is 0 Å². The Bertz CT molecular complexity index is 596. The number of nitrogens with zero attached hydrogens (tertiary/aromatic N) is 2. The smallest absolute Gasteiger partial charge is 0.253 e. The van der Waals surface area contributed by atoms with Crippen LogP contribution < -0.4 is 0 Å². The average molecular weight is 289 g/mol. The van der Waals surface area contributed by atoms with Crippen LogP contribution in [0, 0.1) is 6.92 Å². The van der Waals surface area contributed by atoms with Crippen LogP contribution in [0.3, 0.4) is 0 Å². The predicted molar refractivity (Wildman–Crippen MR) is 80.8 cm³/mol. The fraction of sp³-hybridized carbons (Fsp3) is 0.250. The van der Waals surface area contributed by atoms with Crippen LogP contribution in [0.25, 0.3) is 0 Å². The summed E-state index contributed by atoms with van der Waals surface area (Å²) in [5, 5.41) is 0. The van der Waals surface area contributed by atoms with Crippen molar-refractivity contribution in [1.29, 1.82) is 0 Å². The molecule has 0 unspecified atom stereocenters. The van der Waals surface area contributed by atoms with Gasteiger partial charge in [-0.25, -0.2) is 0 Å². The summed E-state index contributed by atoms with van der Waals surface area (Å²) in [5.41, 5.74) is 3.51. The van der Waals surface area contributed by atoms with Gasteiger partial charge in [-0.15, -0.1) is 11.6 Å². The number of benzene rings is 1. The molecule has 0 N–H and O–H groups in total. The number of carbonyl (C=O) groups excluding carboxylic acids is 1. The Kier molecular flexibility index (Phi) is 4.74. The maximum atomic E-state index is 12.3. The molecule has 4 heteroatoms. The molecule has 1 heterocycles. The number of hydrogen-bond donors (Lipinski definition) is 0. The molecule has 0 atom stereocenters. The maximum Gasteiger partial charge on any atom is 0.253 e. The number of rotatable bonds is 4. The van der Waals surface area contributed by atoms with Crippen molar-refractivity contribution in [1.82, 2.24) is 9.88 Å². The van der Waals surface area contributed by atoms with Crippen molar-refractivity contribution in [2.45, 2.75) is 19.3 Å². The first-order chi connectivity index (χ1) is 9.60. The van der Waals surface area contributed by atoms with E-state index in [0.29, 0.717) is 18.0 Å². The lowest BCUT2D eigenvalue weighted by Crippen LogP contribution is -2.26. The number of pyridine rings is 1. The van der Waals surface area contributed by atoms with Crippen LogP contribution in [0.1, 0.15) is 27.3 Å². The molecular weight excluding hydrogens is 272 g/mol. The molecule has 0 saturated carbocycles. The summed E-state index contributed by atoms with van der Waals surface area (Å²) >= 11 is 5.74. The Morgan fingerprint density at radius 1 is 1.20 bits per heavy atom. The number of alkyl halides is 1. The van der Waals surface area contributed by atoms with Gasteiger partial charge in [0.05, 0.1) is 12.2 Å². The zero-order valence-electron chi connectivity index (χ0n) is 11.6. The normalized spacial score (nSPS) is 10.3. The number of amides is 1. The van der Waals surface area contributed by atoms with E-state index in [2.05, 4.69) is 4.98 Å². The first kappa shape index (κ1) is 14.5. The molecule has 0 radical (unpaired) electrons. The van der Waals surface area contributed by atoms with E-state index in [1.807, 2.05) is 37.3 Å². The molecule has 0 aliphatic rings. The monoisotopic (exact) mass is 288 g/mol. The Morgan fingerprint density at radius 3 is 2.50 bits per heavy atom. The van der Waals surface area contributed by atoms with Crippen LogP contribution >= 0.6 is 11.6 Å². The van der Waals surface area contributed by atoms with E-state index in [9.17, 15) is 4.79 Å². The largest absolute Gasteiger partial charge is 0.336 e. The molecule has 3 nitrogen and oxygen atoms in total. The van der Waals surface area contributed by atoms with Gasteiger partial charge < -0.3 is 4.90 Å². The average Bonchev–Trinajstić information content (AvgIpc) is 2.46. The van der Waals surface area contributed by atoms with Crippen molar-refractivity contribution in [3.05, 3.63) is 65.0 Å². The number of aryl methyl sites for hydroxylation is 1. The van der Waals surface area contributed by atoms with Crippen LogP contribution in [-0.2, 0) is 12.4 Å². The van der Waals surface area contributed by atoms with E-state index in [1.54, 1.807) is 24.1 Å². The van der Waals surface area contributed by atoms with Gasteiger partial charge in [0.15, 0.2) is 0 Å². The summed E-state index contributed by atoms with van der Waals surface area (Å²) in [4.78, 5) is 18.4. The fourth-order valence-corrected chi connectivity index (χ4v) is 2.14. The fourth-order valence-electron chi connectivity index (χ4n) is 1.96. The molecule has 0 aliphatic heterocycles. The second-order valence-electron chi connectivity index (χ2n) is 4.76. The summed E-state index contributed by atoms with van der Waals surface area (Å²) in [6.07, 6.45) is 0. The van der Waals surface area contributed by atoms with Gasteiger partial charge in [0.1, 0.15) is 0 Å². The second kappa shape index (κ2) is 6.53. The van der Waals surface area contributed by atoms with Crippen LogP contribution in [0.4, 0.5) is 0 Å². The summed E-state index contributed by atoms with van der Waals surface area (Å²) < 4.78 is 0. The Hall–Kier alpha value is -1.87. The summed E-state index contributed by atoms with van der Waals surface area (Å²) in [7, 11) is 1.78. The van der Waals surface area contributed by atoms with E-state index in [4.69, 9.17) is 11.6 Å². The van der Waals surface area contributed by atoms with Gasteiger partial charge in [0.25, 0.3) is 5.91 Å². The third kappa shape index (κ3) is 3.58. The molecule has 1 aromatic carbocycles. The summed E-state index contributed by atoms with van der Waals surface area (Å²) in [5.74, 6) is 0.437. The van der Waals surface area contributed by atoms with Gasteiger partial charge >= 0.3 is 0 Å². The third-order valence-electron chi connectivity index (χ3n) is 3.05. The highest BCUT2D eigenvalue weighted by Gasteiger charge is 2.12. The van der Waals surface area contributed by atoms with Crippen LogP contribution in [0.2, 0.25) is 0 Å². The van der Waals surface area contributed by atoms with Gasteiger partial charge in [-0.2, -0.15) is 0 Å². The Morgan fingerprint density at radius 2 is 1.90 bits per heavy atom. The molecule has 104 valence electrons. The lowest BCUT2D eigenvalue weighted by Gasteiger charge is -2.17. The number of halogens is 1. The molecule has 0 fully saturated rings. The van der Waals surface area contributed by atoms with Crippen molar-refractivity contribution in [2.24, 2.45) is 0 Å². The molecule has 1 aromatic heterocycles. The lowest BCUT2D eigenvalue weighted by atomic mass is 10.1. The molecule has 1 amide bonds. The zero-order valence-corrected chi connectivity index (χ0v) is 12.4. The highest BCUT2D eigenvalue weighted by atomic mass is 35.5. The lowest BCUT2D eigenvalue weighted by molar-refractivity contribution is 0.0783. The number of hydrogen-bond acceptors (Lipinski definition) is 2. The van der Waals surface area contributed by atoms with Crippen molar-refractivity contribution in [2.75, 3.05) is 7.05 Å².